The number of amides is 1. The number of nitrogen functional groups attached to an aromatic ring is 1. The Morgan fingerprint density at radius 2 is 2.00 bits per heavy atom. The first kappa shape index (κ1) is 16.0. The van der Waals surface area contributed by atoms with E-state index in [2.05, 4.69) is 4.72 Å². The molecule has 0 aliphatic carbocycles. The molecule has 0 atom stereocenters. The Balaban J connectivity index is 2.11. The predicted octanol–water partition coefficient (Wildman–Crippen LogP) is 0.962. The SMILES string of the molecule is Nc1cc(S(=O)(=O)NCC(=O)N2CCCC2)c(Cl)cc1F. The molecule has 0 unspecified atom stereocenters. The molecule has 116 valence electrons. The molecular formula is C12H15ClFN3O3S. The van der Waals surface area contributed by atoms with Crippen molar-refractivity contribution in [2.24, 2.45) is 0 Å². The summed E-state index contributed by atoms with van der Waals surface area (Å²) in [5.74, 6) is -1.10. The van der Waals surface area contributed by atoms with Crippen LogP contribution in [-0.2, 0) is 14.8 Å². The Kier molecular flexibility index (Phi) is 4.70. The third-order valence-corrected chi connectivity index (χ3v) is 5.08. The van der Waals surface area contributed by atoms with Crippen LogP contribution < -0.4 is 10.5 Å². The van der Waals surface area contributed by atoms with E-state index in [0.29, 0.717) is 13.1 Å². The van der Waals surface area contributed by atoms with Crippen LogP contribution in [0.15, 0.2) is 17.0 Å². The van der Waals surface area contributed by atoms with E-state index in [4.69, 9.17) is 17.3 Å². The van der Waals surface area contributed by atoms with Crippen LogP contribution in [0.3, 0.4) is 0 Å². The summed E-state index contributed by atoms with van der Waals surface area (Å²) in [5, 5.41) is -0.289. The van der Waals surface area contributed by atoms with Crippen molar-refractivity contribution in [3.05, 3.63) is 23.0 Å². The molecule has 0 spiro atoms. The van der Waals surface area contributed by atoms with Crippen molar-refractivity contribution < 1.29 is 17.6 Å². The van der Waals surface area contributed by atoms with Crippen LogP contribution in [0.2, 0.25) is 5.02 Å². The largest absolute Gasteiger partial charge is 0.396 e. The van der Waals surface area contributed by atoms with Gasteiger partial charge in [0.05, 0.1) is 17.3 Å². The highest BCUT2D eigenvalue weighted by molar-refractivity contribution is 7.89. The second-order valence-corrected chi connectivity index (χ2v) is 6.86. The van der Waals surface area contributed by atoms with E-state index in [9.17, 15) is 17.6 Å². The molecular weight excluding hydrogens is 321 g/mol. The maximum Gasteiger partial charge on any atom is 0.242 e. The molecule has 1 aliphatic heterocycles. The first-order valence-electron chi connectivity index (χ1n) is 6.33. The highest BCUT2D eigenvalue weighted by atomic mass is 35.5. The molecule has 21 heavy (non-hydrogen) atoms. The Morgan fingerprint density at radius 3 is 2.62 bits per heavy atom. The number of rotatable bonds is 4. The van der Waals surface area contributed by atoms with Crippen molar-refractivity contribution in [3.8, 4) is 0 Å². The first-order chi connectivity index (χ1) is 9.81. The van der Waals surface area contributed by atoms with Gasteiger partial charge in [0.2, 0.25) is 15.9 Å². The maximum atomic E-state index is 13.2. The van der Waals surface area contributed by atoms with E-state index in [0.717, 1.165) is 25.0 Å². The third-order valence-electron chi connectivity index (χ3n) is 3.21. The van der Waals surface area contributed by atoms with Gasteiger partial charge >= 0.3 is 0 Å². The van der Waals surface area contributed by atoms with E-state index >= 15 is 0 Å². The lowest BCUT2D eigenvalue weighted by Gasteiger charge is -2.16. The molecule has 9 heteroatoms. The van der Waals surface area contributed by atoms with Crippen molar-refractivity contribution in [1.82, 2.24) is 9.62 Å². The summed E-state index contributed by atoms with van der Waals surface area (Å²) in [6, 6.07) is 1.76. The molecule has 6 nitrogen and oxygen atoms in total. The van der Waals surface area contributed by atoms with E-state index < -0.39 is 15.8 Å². The van der Waals surface area contributed by atoms with Gasteiger partial charge in [-0.1, -0.05) is 11.6 Å². The number of hydrogen-bond acceptors (Lipinski definition) is 4. The lowest BCUT2D eigenvalue weighted by Crippen LogP contribution is -2.38. The average Bonchev–Trinajstić information content (AvgIpc) is 2.94. The summed E-state index contributed by atoms with van der Waals surface area (Å²) < 4.78 is 39.5. The fraction of sp³-hybridized carbons (Fsp3) is 0.417. The summed E-state index contributed by atoms with van der Waals surface area (Å²) in [4.78, 5) is 13.0. The van der Waals surface area contributed by atoms with Gasteiger partial charge in [-0.25, -0.2) is 17.5 Å². The Morgan fingerprint density at radius 1 is 1.38 bits per heavy atom. The summed E-state index contributed by atoms with van der Waals surface area (Å²) in [7, 11) is -4.03. The number of benzene rings is 1. The minimum absolute atomic E-state index is 0.289. The normalized spacial score (nSPS) is 15.4. The zero-order valence-corrected chi connectivity index (χ0v) is 12.7. The molecule has 3 N–H and O–H groups in total. The molecule has 1 saturated heterocycles. The summed E-state index contributed by atoms with van der Waals surface area (Å²) in [6.07, 6.45) is 1.83. The molecule has 1 fully saturated rings. The fourth-order valence-electron chi connectivity index (χ4n) is 2.06. The zero-order chi connectivity index (χ0) is 15.6. The number of nitrogens with zero attached hydrogens (tertiary/aromatic N) is 1. The molecule has 1 amide bonds. The number of sulfonamides is 1. The van der Waals surface area contributed by atoms with Gasteiger partial charge in [0, 0.05) is 13.1 Å². The monoisotopic (exact) mass is 335 g/mol. The van der Waals surface area contributed by atoms with Gasteiger partial charge in [0.1, 0.15) is 10.7 Å². The second-order valence-electron chi connectivity index (χ2n) is 4.72. The van der Waals surface area contributed by atoms with Gasteiger partial charge < -0.3 is 10.6 Å². The summed E-state index contributed by atoms with van der Waals surface area (Å²) in [6.45, 7) is 0.894. The minimum Gasteiger partial charge on any atom is -0.396 e. The average molecular weight is 336 g/mol. The number of halogens is 2. The van der Waals surface area contributed by atoms with Gasteiger partial charge in [-0.15, -0.1) is 0 Å². The van der Waals surface area contributed by atoms with E-state index in [1.165, 1.54) is 0 Å². The van der Waals surface area contributed by atoms with E-state index in [1.54, 1.807) is 4.90 Å². The van der Waals surface area contributed by atoms with Gasteiger partial charge in [-0.3, -0.25) is 4.79 Å². The third kappa shape index (κ3) is 3.63. The molecule has 1 aromatic rings. The van der Waals surface area contributed by atoms with Crippen molar-refractivity contribution in [1.29, 1.82) is 0 Å². The smallest absolute Gasteiger partial charge is 0.242 e. The molecule has 0 aromatic heterocycles. The Labute approximate surface area is 127 Å². The first-order valence-corrected chi connectivity index (χ1v) is 8.19. The highest BCUT2D eigenvalue weighted by Crippen LogP contribution is 2.26. The van der Waals surface area contributed by atoms with Crippen LogP contribution in [0.1, 0.15) is 12.8 Å². The maximum absolute atomic E-state index is 13.2. The Bertz CT molecular complexity index is 660. The molecule has 1 aromatic carbocycles. The standard InChI is InChI=1S/C12H15ClFN3O3S/c13-8-5-9(14)10(15)6-11(8)21(19,20)16-7-12(18)17-3-1-2-4-17/h5-6,16H,1-4,7,15H2. The number of nitrogens with two attached hydrogens (primary N) is 1. The fourth-order valence-corrected chi connectivity index (χ4v) is 3.59. The van der Waals surface area contributed by atoms with Crippen molar-refractivity contribution >= 4 is 33.2 Å². The summed E-state index contributed by atoms with van der Waals surface area (Å²) >= 11 is 5.72. The van der Waals surface area contributed by atoms with Crippen molar-refractivity contribution in [2.45, 2.75) is 17.7 Å². The predicted molar refractivity (Wildman–Crippen MR) is 76.8 cm³/mol. The zero-order valence-electron chi connectivity index (χ0n) is 11.1. The van der Waals surface area contributed by atoms with Crippen molar-refractivity contribution in [3.63, 3.8) is 0 Å². The number of likely N-dealkylation sites (tertiary alicyclic amines) is 1. The quantitative estimate of drug-likeness (QED) is 0.802. The van der Waals surface area contributed by atoms with Crippen LogP contribution in [-0.4, -0.2) is 38.9 Å². The number of nitrogens with one attached hydrogen (secondary N) is 1. The molecule has 1 heterocycles. The van der Waals surface area contributed by atoms with Crippen LogP contribution in [0.5, 0.6) is 0 Å². The minimum atomic E-state index is -4.03. The van der Waals surface area contributed by atoms with Crippen molar-refractivity contribution in [2.75, 3.05) is 25.4 Å². The van der Waals surface area contributed by atoms with E-state index in [1.807, 2.05) is 0 Å². The lowest BCUT2D eigenvalue weighted by molar-refractivity contribution is -0.128. The Hall–Kier alpha value is -1.38. The molecule has 0 radical (unpaired) electrons. The molecule has 2 rings (SSSR count). The molecule has 1 aliphatic rings. The topological polar surface area (TPSA) is 92.5 Å². The molecule has 0 bridgehead atoms. The number of carbonyl (C=O) groups is 1. The number of carbonyl (C=O) groups excluding carboxylic acids is 1. The van der Waals surface area contributed by atoms with Crippen LogP contribution >= 0.6 is 11.6 Å². The van der Waals surface area contributed by atoms with Gasteiger partial charge in [-0.2, -0.15) is 0 Å². The lowest BCUT2D eigenvalue weighted by atomic mass is 10.3. The number of anilines is 1. The van der Waals surface area contributed by atoms with Crippen LogP contribution in [0, 0.1) is 5.82 Å². The number of hydrogen-bond donors (Lipinski definition) is 2. The second kappa shape index (κ2) is 6.17. The molecule has 0 saturated carbocycles. The van der Waals surface area contributed by atoms with Crippen LogP contribution in [0.25, 0.3) is 0 Å². The highest BCUT2D eigenvalue weighted by Gasteiger charge is 2.23. The van der Waals surface area contributed by atoms with Gasteiger partial charge in [0.25, 0.3) is 0 Å². The van der Waals surface area contributed by atoms with Crippen LogP contribution in [0.4, 0.5) is 10.1 Å². The van der Waals surface area contributed by atoms with E-state index in [-0.39, 0.29) is 28.1 Å². The summed E-state index contributed by atoms with van der Waals surface area (Å²) in [5.41, 5.74) is 5.01. The van der Waals surface area contributed by atoms with Gasteiger partial charge in [-0.05, 0) is 25.0 Å². The van der Waals surface area contributed by atoms with Gasteiger partial charge in [0.15, 0.2) is 0 Å².